The van der Waals surface area contributed by atoms with Crippen LogP contribution in [0.5, 0.6) is 0 Å². The molecule has 1 rings (SSSR count). The van der Waals surface area contributed by atoms with Crippen LogP contribution in [0.1, 0.15) is 25.5 Å². The quantitative estimate of drug-likeness (QED) is 0.822. The Labute approximate surface area is 108 Å². The van der Waals surface area contributed by atoms with Gasteiger partial charge in [-0.1, -0.05) is 23.7 Å². The van der Waals surface area contributed by atoms with Gasteiger partial charge in [-0.15, -0.1) is 0 Å². The Bertz CT molecular complexity index is 338. The Morgan fingerprint density at radius 1 is 1.35 bits per heavy atom. The molecule has 1 unspecified atom stereocenters. The Hall–Kier alpha value is -0.610. The smallest absolute Gasteiger partial charge is 0.0914 e. The van der Waals surface area contributed by atoms with Crippen LogP contribution in [0.3, 0.4) is 0 Å². The maximum absolute atomic E-state index is 9.93. The molecule has 0 amide bonds. The Balaban J connectivity index is 2.40. The number of ether oxygens (including phenoxy) is 1. The molecule has 0 saturated heterocycles. The minimum atomic E-state index is -0.528. The molecule has 0 heterocycles. The number of aliphatic hydroxyl groups excluding tert-OH is 1. The lowest BCUT2D eigenvalue weighted by atomic mass is 10.1. The summed E-state index contributed by atoms with van der Waals surface area (Å²) in [7, 11) is 1.68. The predicted octanol–water partition coefficient (Wildman–Crippen LogP) is 2.39. The molecule has 0 spiro atoms. The highest BCUT2D eigenvalue weighted by Crippen LogP contribution is 2.16. The van der Waals surface area contributed by atoms with Crippen molar-refractivity contribution in [1.82, 2.24) is 5.32 Å². The van der Waals surface area contributed by atoms with Gasteiger partial charge in [0.05, 0.1) is 11.7 Å². The van der Waals surface area contributed by atoms with Crippen LogP contribution in [0, 0.1) is 0 Å². The molecule has 96 valence electrons. The van der Waals surface area contributed by atoms with Crippen LogP contribution >= 0.6 is 11.6 Å². The lowest BCUT2D eigenvalue weighted by Crippen LogP contribution is -2.38. The van der Waals surface area contributed by atoms with E-state index in [0.717, 1.165) is 5.56 Å². The molecule has 1 aromatic rings. The summed E-state index contributed by atoms with van der Waals surface area (Å²) in [4.78, 5) is 0. The largest absolute Gasteiger partial charge is 0.387 e. The van der Waals surface area contributed by atoms with Gasteiger partial charge >= 0.3 is 0 Å². The lowest BCUT2D eigenvalue weighted by Gasteiger charge is -2.24. The summed E-state index contributed by atoms with van der Waals surface area (Å²) in [6.07, 6.45) is -0.528. The van der Waals surface area contributed by atoms with Gasteiger partial charge in [0.15, 0.2) is 0 Å². The SMILES string of the molecule is COC(C)(C)CNCC(O)c1ccc(Cl)cc1. The number of rotatable bonds is 6. The monoisotopic (exact) mass is 257 g/mol. The van der Waals surface area contributed by atoms with Crippen molar-refractivity contribution < 1.29 is 9.84 Å². The summed E-state index contributed by atoms with van der Waals surface area (Å²) < 4.78 is 5.28. The van der Waals surface area contributed by atoms with E-state index in [1.54, 1.807) is 19.2 Å². The fraction of sp³-hybridized carbons (Fsp3) is 0.538. The van der Waals surface area contributed by atoms with Crippen LogP contribution in [0.25, 0.3) is 0 Å². The number of hydrogen-bond donors (Lipinski definition) is 2. The number of benzene rings is 1. The first-order valence-corrected chi connectivity index (χ1v) is 6.02. The van der Waals surface area contributed by atoms with E-state index in [4.69, 9.17) is 16.3 Å². The molecule has 0 aliphatic carbocycles. The van der Waals surface area contributed by atoms with Crippen molar-refractivity contribution in [1.29, 1.82) is 0 Å². The Kier molecular flexibility index (Phi) is 5.40. The van der Waals surface area contributed by atoms with Gasteiger partial charge in [0.2, 0.25) is 0 Å². The molecule has 0 saturated carbocycles. The summed E-state index contributed by atoms with van der Waals surface area (Å²) in [5.41, 5.74) is 0.636. The van der Waals surface area contributed by atoms with E-state index >= 15 is 0 Å². The van der Waals surface area contributed by atoms with Crippen molar-refractivity contribution in [3.05, 3.63) is 34.9 Å². The fourth-order valence-electron chi connectivity index (χ4n) is 1.38. The van der Waals surface area contributed by atoms with Gasteiger partial charge in [-0.25, -0.2) is 0 Å². The van der Waals surface area contributed by atoms with Crippen LogP contribution in [0.2, 0.25) is 5.02 Å². The molecule has 0 aromatic heterocycles. The highest BCUT2D eigenvalue weighted by Gasteiger charge is 2.16. The summed E-state index contributed by atoms with van der Waals surface area (Å²) in [6.45, 7) is 5.17. The van der Waals surface area contributed by atoms with Crippen molar-refractivity contribution in [2.24, 2.45) is 0 Å². The first-order valence-electron chi connectivity index (χ1n) is 5.64. The van der Waals surface area contributed by atoms with Crippen molar-refractivity contribution in [3.8, 4) is 0 Å². The van der Waals surface area contributed by atoms with Gasteiger partial charge in [0.25, 0.3) is 0 Å². The minimum absolute atomic E-state index is 0.223. The molecule has 4 heteroatoms. The van der Waals surface area contributed by atoms with Crippen molar-refractivity contribution in [3.63, 3.8) is 0 Å². The average molecular weight is 258 g/mol. The normalized spacial score (nSPS) is 13.7. The third-order valence-electron chi connectivity index (χ3n) is 2.70. The van der Waals surface area contributed by atoms with E-state index in [9.17, 15) is 5.11 Å². The predicted molar refractivity (Wildman–Crippen MR) is 70.4 cm³/mol. The number of hydrogen-bond acceptors (Lipinski definition) is 3. The number of nitrogens with one attached hydrogen (secondary N) is 1. The second kappa shape index (κ2) is 6.36. The highest BCUT2D eigenvalue weighted by atomic mass is 35.5. The minimum Gasteiger partial charge on any atom is -0.387 e. The van der Waals surface area contributed by atoms with Crippen LogP contribution < -0.4 is 5.32 Å². The number of methoxy groups -OCH3 is 1. The molecule has 3 nitrogen and oxygen atoms in total. The van der Waals surface area contributed by atoms with E-state index < -0.39 is 6.10 Å². The molecule has 1 atom stereocenters. The zero-order valence-corrected chi connectivity index (χ0v) is 11.3. The van der Waals surface area contributed by atoms with Crippen LogP contribution in [-0.4, -0.2) is 30.9 Å². The Morgan fingerprint density at radius 2 is 1.94 bits per heavy atom. The van der Waals surface area contributed by atoms with Crippen molar-refractivity contribution in [2.45, 2.75) is 25.6 Å². The van der Waals surface area contributed by atoms with E-state index in [-0.39, 0.29) is 5.60 Å². The number of halogens is 1. The van der Waals surface area contributed by atoms with Crippen LogP contribution in [0.15, 0.2) is 24.3 Å². The fourth-order valence-corrected chi connectivity index (χ4v) is 1.51. The zero-order chi connectivity index (χ0) is 12.9. The molecule has 2 N–H and O–H groups in total. The second-order valence-corrected chi connectivity index (χ2v) is 5.10. The summed E-state index contributed by atoms with van der Waals surface area (Å²) >= 11 is 5.79. The maximum atomic E-state index is 9.93. The summed E-state index contributed by atoms with van der Waals surface area (Å²) in [6, 6.07) is 7.21. The van der Waals surface area contributed by atoms with Gasteiger partial charge in [0.1, 0.15) is 0 Å². The zero-order valence-electron chi connectivity index (χ0n) is 10.5. The van der Waals surface area contributed by atoms with Crippen molar-refractivity contribution >= 4 is 11.6 Å². The van der Waals surface area contributed by atoms with Gasteiger partial charge < -0.3 is 15.2 Å². The van der Waals surface area contributed by atoms with Crippen molar-refractivity contribution in [2.75, 3.05) is 20.2 Å². The molecule has 0 bridgehead atoms. The van der Waals surface area contributed by atoms with Gasteiger partial charge in [-0.2, -0.15) is 0 Å². The lowest BCUT2D eigenvalue weighted by molar-refractivity contribution is 0.0207. The summed E-state index contributed by atoms with van der Waals surface area (Å²) in [5.74, 6) is 0. The van der Waals surface area contributed by atoms with E-state index in [2.05, 4.69) is 5.32 Å². The molecule has 0 radical (unpaired) electrons. The molecule has 17 heavy (non-hydrogen) atoms. The first-order chi connectivity index (χ1) is 7.94. The van der Waals surface area contributed by atoms with Crippen LogP contribution in [0.4, 0.5) is 0 Å². The van der Waals surface area contributed by atoms with E-state index in [1.165, 1.54) is 0 Å². The molecular formula is C13H20ClNO2. The van der Waals surface area contributed by atoms with E-state index in [0.29, 0.717) is 18.1 Å². The molecule has 1 aromatic carbocycles. The molecule has 0 aliphatic rings. The summed E-state index contributed by atoms with van der Waals surface area (Å²) in [5, 5.41) is 13.8. The van der Waals surface area contributed by atoms with Gasteiger partial charge in [-0.05, 0) is 31.5 Å². The maximum Gasteiger partial charge on any atom is 0.0914 e. The highest BCUT2D eigenvalue weighted by molar-refractivity contribution is 6.30. The standard InChI is InChI=1S/C13H20ClNO2/c1-13(2,17-3)9-15-8-12(16)10-4-6-11(14)7-5-10/h4-7,12,15-16H,8-9H2,1-3H3. The first kappa shape index (κ1) is 14.5. The van der Waals surface area contributed by atoms with Gasteiger partial charge in [-0.3, -0.25) is 0 Å². The number of aliphatic hydroxyl groups is 1. The molecule has 0 aliphatic heterocycles. The van der Waals surface area contributed by atoms with Crippen LogP contribution in [-0.2, 0) is 4.74 Å². The molecular weight excluding hydrogens is 238 g/mol. The average Bonchev–Trinajstić information content (AvgIpc) is 2.29. The third kappa shape index (κ3) is 5.04. The molecule has 0 fully saturated rings. The topological polar surface area (TPSA) is 41.5 Å². The second-order valence-electron chi connectivity index (χ2n) is 4.66. The van der Waals surface area contributed by atoms with E-state index in [1.807, 2.05) is 26.0 Å². The Morgan fingerprint density at radius 3 is 2.47 bits per heavy atom. The third-order valence-corrected chi connectivity index (χ3v) is 2.95. The van der Waals surface area contributed by atoms with Gasteiger partial charge in [0, 0.05) is 25.2 Å².